The third-order valence-corrected chi connectivity index (χ3v) is 3.36. The van der Waals surface area contributed by atoms with Crippen LogP contribution in [0.25, 0.3) is 0 Å². The molecule has 96 valence electrons. The van der Waals surface area contributed by atoms with Gasteiger partial charge in [-0.1, -0.05) is 18.7 Å². The van der Waals surface area contributed by atoms with E-state index in [1.807, 2.05) is 7.05 Å². The van der Waals surface area contributed by atoms with Crippen LogP contribution in [0.1, 0.15) is 27.2 Å². The highest BCUT2D eigenvalue weighted by Crippen LogP contribution is 2.18. The van der Waals surface area contributed by atoms with Crippen molar-refractivity contribution in [3.63, 3.8) is 0 Å². The van der Waals surface area contributed by atoms with Crippen molar-refractivity contribution in [2.45, 2.75) is 32.3 Å². The Hall–Kier alpha value is -1.04. The number of thioether (sulfide) groups is 1. The van der Waals surface area contributed by atoms with Gasteiger partial charge in [0.05, 0.1) is 0 Å². The number of hydrogen-bond donors (Lipinski definition) is 1. The Morgan fingerprint density at radius 2 is 1.82 bits per heavy atom. The second-order valence-electron chi connectivity index (χ2n) is 3.51. The molecule has 1 aromatic rings. The predicted octanol–water partition coefficient (Wildman–Crippen LogP) is 2.26. The molecule has 0 spiro atoms. The molecule has 6 heteroatoms. The fourth-order valence-corrected chi connectivity index (χ4v) is 2.05. The molecular formula is C11H21N5S. The normalized spacial score (nSPS) is 10.4. The van der Waals surface area contributed by atoms with Gasteiger partial charge in [-0.25, -0.2) is 0 Å². The van der Waals surface area contributed by atoms with E-state index in [0.717, 1.165) is 36.4 Å². The molecule has 17 heavy (non-hydrogen) atoms. The van der Waals surface area contributed by atoms with E-state index in [1.165, 1.54) is 0 Å². The van der Waals surface area contributed by atoms with Crippen LogP contribution in [-0.2, 0) is 0 Å². The van der Waals surface area contributed by atoms with Crippen LogP contribution >= 0.6 is 11.8 Å². The molecule has 0 bridgehead atoms. The van der Waals surface area contributed by atoms with Gasteiger partial charge in [0.1, 0.15) is 0 Å². The summed E-state index contributed by atoms with van der Waals surface area (Å²) in [4.78, 5) is 15.3. The van der Waals surface area contributed by atoms with Gasteiger partial charge >= 0.3 is 0 Å². The van der Waals surface area contributed by atoms with E-state index in [2.05, 4.69) is 45.9 Å². The highest BCUT2D eigenvalue weighted by molar-refractivity contribution is 7.99. The molecule has 0 radical (unpaired) electrons. The van der Waals surface area contributed by atoms with Crippen molar-refractivity contribution >= 4 is 23.7 Å². The lowest BCUT2D eigenvalue weighted by molar-refractivity contribution is 0.784. The van der Waals surface area contributed by atoms with Gasteiger partial charge in [-0.3, -0.25) is 0 Å². The van der Waals surface area contributed by atoms with Crippen LogP contribution in [0.4, 0.5) is 11.9 Å². The predicted molar refractivity (Wildman–Crippen MR) is 73.9 cm³/mol. The molecule has 0 aromatic carbocycles. The third kappa shape index (κ3) is 4.03. The molecule has 0 fully saturated rings. The van der Waals surface area contributed by atoms with Crippen LogP contribution < -0.4 is 10.2 Å². The Kier molecular flexibility index (Phi) is 6.04. The zero-order valence-corrected chi connectivity index (χ0v) is 11.8. The highest BCUT2D eigenvalue weighted by atomic mass is 32.2. The number of rotatable bonds is 7. The second kappa shape index (κ2) is 7.32. The number of aromatic nitrogens is 3. The molecule has 1 aromatic heterocycles. The zero-order valence-electron chi connectivity index (χ0n) is 11.0. The lowest BCUT2D eigenvalue weighted by Crippen LogP contribution is -2.25. The van der Waals surface area contributed by atoms with E-state index >= 15 is 0 Å². The number of anilines is 2. The highest BCUT2D eigenvalue weighted by Gasteiger charge is 2.10. The average Bonchev–Trinajstić information content (AvgIpc) is 2.37. The maximum atomic E-state index is 4.49. The molecule has 0 aliphatic rings. The van der Waals surface area contributed by atoms with Crippen molar-refractivity contribution in [1.29, 1.82) is 0 Å². The fraction of sp³-hybridized carbons (Fsp3) is 0.727. The summed E-state index contributed by atoms with van der Waals surface area (Å²) >= 11 is 1.67. The van der Waals surface area contributed by atoms with E-state index in [1.54, 1.807) is 11.8 Å². The Labute approximate surface area is 107 Å². The van der Waals surface area contributed by atoms with Gasteiger partial charge in [-0.05, 0) is 20.3 Å². The minimum atomic E-state index is 0.639. The third-order valence-electron chi connectivity index (χ3n) is 2.31. The first-order chi connectivity index (χ1) is 8.24. The van der Waals surface area contributed by atoms with Crippen LogP contribution in [0, 0.1) is 0 Å². The van der Waals surface area contributed by atoms with Gasteiger partial charge in [0.25, 0.3) is 0 Å². The summed E-state index contributed by atoms with van der Waals surface area (Å²) in [5.41, 5.74) is 0. The summed E-state index contributed by atoms with van der Waals surface area (Å²) in [5.74, 6) is 2.43. The van der Waals surface area contributed by atoms with Crippen molar-refractivity contribution in [1.82, 2.24) is 15.0 Å². The zero-order chi connectivity index (χ0) is 12.7. The molecule has 0 aliphatic heterocycles. The molecule has 1 heterocycles. The molecule has 5 nitrogen and oxygen atoms in total. The SMILES string of the molecule is CCCSc1nc(NC)nc(N(CC)CC)n1. The number of nitrogens with one attached hydrogen (secondary N) is 1. The van der Waals surface area contributed by atoms with Crippen LogP contribution in [0.5, 0.6) is 0 Å². The van der Waals surface area contributed by atoms with Crippen molar-refractivity contribution in [2.75, 3.05) is 36.1 Å². The standard InChI is InChI=1S/C11H21N5S/c1-5-8-17-11-14-9(12-4)13-10(15-11)16(6-2)7-3/h5-8H2,1-4H3,(H,12,13,14,15). The smallest absolute Gasteiger partial charge is 0.231 e. The minimum Gasteiger partial charge on any atom is -0.357 e. The second-order valence-corrected chi connectivity index (χ2v) is 4.57. The van der Waals surface area contributed by atoms with Gasteiger partial charge in [0, 0.05) is 25.9 Å². The molecule has 0 amide bonds. The van der Waals surface area contributed by atoms with E-state index in [-0.39, 0.29) is 0 Å². The van der Waals surface area contributed by atoms with Crippen molar-refractivity contribution in [3.05, 3.63) is 0 Å². The minimum absolute atomic E-state index is 0.639. The Morgan fingerprint density at radius 3 is 2.35 bits per heavy atom. The van der Waals surface area contributed by atoms with Crippen molar-refractivity contribution < 1.29 is 0 Å². The van der Waals surface area contributed by atoms with E-state index in [9.17, 15) is 0 Å². The maximum absolute atomic E-state index is 4.49. The summed E-state index contributed by atoms with van der Waals surface area (Å²) in [6, 6.07) is 0. The van der Waals surface area contributed by atoms with Gasteiger partial charge in [0.2, 0.25) is 11.9 Å². The molecule has 0 unspecified atom stereocenters. The molecule has 0 saturated heterocycles. The van der Waals surface area contributed by atoms with E-state index < -0.39 is 0 Å². The van der Waals surface area contributed by atoms with Crippen LogP contribution in [0.2, 0.25) is 0 Å². The molecule has 0 atom stereocenters. The summed E-state index contributed by atoms with van der Waals surface area (Å²) in [5, 5.41) is 3.78. The monoisotopic (exact) mass is 255 g/mol. The van der Waals surface area contributed by atoms with Gasteiger partial charge in [-0.2, -0.15) is 15.0 Å². The Morgan fingerprint density at radius 1 is 1.12 bits per heavy atom. The van der Waals surface area contributed by atoms with Gasteiger partial charge < -0.3 is 10.2 Å². The Bertz CT molecular complexity index is 341. The lowest BCUT2D eigenvalue weighted by atomic mass is 10.5. The lowest BCUT2D eigenvalue weighted by Gasteiger charge is -2.19. The Balaban J connectivity index is 2.95. The summed E-state index contributed by atoms with van der Waals surface area (Å²) in [6.45, 7) is 8.16. The van der Waals surface area contributed by atoms with Crippen LogP contribution in [-0.4, -0.2) is 40.8 Å². The van der Waals surface area contributed by atoms with E-state index in [0.29, 0.717) is 5.95 Å². The average molecular weight is 255 g/mol. The first kappa shape index (κ1) is 14.0. The summed E-state index contributed by atoms with van der Waals surface area (Å²) < 4.78 is 0. The number of nitrogens with zero attached hydrogens (tertiary/aromatic N) is 4. The summed E-state index contributed by atoms with van der Waals surface area (Å²) in [6.07, 6.45) is 1.12. The molecule has 0 aliphatic carbocycles. The van der Waals surface area contributed by atoms with Crippen molar-refractivity contribution in [3.8, 4) is 0 Å². The molecular weight excluding hydrogens is 234 g/mol. The summed E-state index contributed by atoms with van der Waals surface area (Å²) in [7, 11) is 1.83. The molecule has 0 saturated carbocycles. The first-order valence-corrected chi connectivity index (χ1v) is 7.05. The van der Waals surface area contributed by atoms with Gasteiger partial charge in [-0.15, -0.1) is 0 Å². The van der Waals surface area contributed by atoms with E-state index in [4.69, 9.17) is 0 Å². The van der Waals surface area contributed by atoms with Crippen molar-refractivity contribution in [2.24, 2.45) is 0 Å². The quantitative estimate of drug-likeness (QED) is 0.754. The topological polar surface area (TPSA) is 53.9 Å². The first-order valence-electron chi connectivity index (χ1n) is 6.06. The maximum Gasteiger partial charge on any atom is 0.231 e. The largest absolute Gasteiger partial charge is 0.357 e. The van der Waals surface area contributed by atoms with Crippen LogP contribution in [0.3, 0.4) is 0 Å². The van der Waals surface area contributed by atoms with Crippen LogP contribution in [0.15, 0.2) is 5.16 Å². The number of hydrogen-bond acceptors (Lipinski definition) is 6. The fourth-order valence-electron chi connectivity index (χ4n) is 1.36. The molecule has 1 N–H and O–H groups in total. The molecule has 1 rings (SSSR count). The van der Waals surface area contributed by atoms with Gasteiger partial charge in [0.15, 0.2) is 5.16 Å².